The molecule has 1 aromatic carbocycles. The molecular formula is C15H24N2O2. The van der Waals surface area contributed by atoms with Gasteiger partial charge in [0, 0.05) is 24.7 Å². The first-order valence-corrected chi connectivity index (χ1v) is 6.81. The molecule has 106 valence electrons. The van der Waals surface area contributed by atoms with Crippen molar-refractivity contribution in [3.63, 3.8) is 0 Å². The number of likely N-dealkylation sites (tertiary alicyclic amines) is 1. The van der Waals surface area contributed by atoms with Gasteiger partial charge in [0.1, 0.15) is 11.5 Å². The van der Waals surface area contributed by atoms with Gasteiger partial charge in [0.2, 0.25) is 0 Å². The van der Waals surface area contributed by atoms with E-state index in [4.69, 9.17) is 15.2 Å². The largest absolute Gasteiger partial charge is 0.497 e. The smallest absolute Gasteiger partial charge is 0.122 e. The predicted molar refractivity (Wildman–Crippen MR) is 76.7 cm³/mol. The van der Waals surface area contributed by atoms with E-state index < -0.39 is 0 Å². The molecule has 4 heteroatoms. The molecule has 1 saturated heterocycles. The van der Waals surface area contributed by atoms with Crippen LogP contribution in [0.2, 0.25) is 0 Å². The highest BCUT2D eigenvalue weighted by Gasteiger charge is 2.34. The van der Waals surface area contributed by atoms with Crippen molar-refractivity contribution in [3.05, 3.63) is 23.8 Å². The SMILES string of the molecule is COc1cc(OC)cc(C2C(N)CCN2C(C)C)c1. The second-order valence-electron chi connectivity index (χ2n) is 5.37. The monoisotopic (exact) mass is 264 g/mol. The Bertz CT molecular complexity index is 412. The van der Waals surface area contributed by atoms with Crippen molar-refractivity contribution in [2.45, 2.75) is 38.4 Å². The molecule has 1 aliphatic heterocycles. The summed E-state index contributed by atoms with van der Waals surface area (Å²) in [7, 11) is 3.35. The van der Waals surface area contributed by atoms with Crippen molar-refractivity contribution in [1.29, 1.82) is 0 Å². The first-order valence-electron chi connectivity index (χ1n) is 6.81. The number of methoxy groups -OCH3 is 2. The number of nitrogens with zero attached hydrogens (tertiary/aromatic N) is 1. The lowest BCUT2D eigenvalue weighted by Crippen LogP contribution is -2.35. The number of benzene rings is 1. The maximum absolute atomic E-state index is 6.30. The van der Waals surface area contributed by atoms with Crippen LogP contribution in [0.4, 0.5) is 0 Å². The molecule has 0 bridgehead atoms. The Kier molecular flexibility index (Phi) is 4.32. The molecule has 0 aromatic heterocycles. The molecule has 2 unspecified atom stereocenters. The molecule has 0 aliphatic carbocycles. The topological polar surface area (TPSA) is 47.7 Å². The maximum atomic E-state index is 6.30. The molecule has 1 aromatic rings. The molecule has 1 aliphatic rings. The zero-order valence-electron chi connectivity index (χ0n) is 12.2. The summed E-state index contributed by atoms with van der Waals surface area (Å²) in [6, 6.07) is 6.91. The van der Waals surface area contributed by atoms with Crippen LogP contribution in [0.15, 0.2) is 18.2 Å². The molecule has 0 radical (unpaired) electrons. The Morgan fingerprint density at radius 2 is 1.74 bits per heavy atom. The Morgan fingerprint density at radius 1 is 1.16 bits per heavy atom. The van der Waals surface area contributed by atoms with Crippen LogP contribution in [-0.2, 0) is 0 Å². The molecular weight excluding hydrogens is 240 g/mol. The summed E-state index contributed by atoms with van der Waals surface area (Å²) >= 11 is 0. The Labute approximate surface area is 115 Å². The minimum Gasteiger partial charge on any atom is -0.497 e. The Balaban J connectivity index is 2.38. The van der Waals surface area contributed by atoms with Gasteiger partial charge in [-0.25, -0.2) is 0 Å². The van der Waals surface area contributed by atoms with Crippen LogP contribution in [0, 0.1) is 0 Å². The van der Waals surface area contributed by atoms with Crippen LogP contribution in [0.1, 0.15) is 31.9 Å². The van der Waals surface area contributed by atoms with Crippen LogP contribution in [0.25, 0.3) is 0 Å². The predicted octanol–water partition coefficient (Wildman–Crippen LogP) is 2.19. The third-order valence-electron chi connectivity index (χ3n) is 3.86. The summed E-state index contributed by atoms with van der Waals surface area (Å²) < 4.78 is 10.7. The van der Waals surface area contributed by atoms with E-state index >= 15 is 0 Å². The van der Waals surface area contributed by atoms with Crippen molar-refractivity contribution in [1.82, 2.24) is 4.90 Å². The molecule has 4 nitrogen and oxygen atoms in total. The lowest BCUT2D eigenvalue weighted by atomic mass is 9.99. The van der Waals surface area contributed by atoms with Crippen LogP contribution in [0.3, 0.4) is 0 Å². The quantitative estimate of drug-likeness (QED) is 0.905. The number of hydrogen-bond donors (Lipinski definition) is 1. The number of hydrogen-bond acceptors (Lipinski definition) is 4. The molecule has 0 amide bonds. The van der Waals surface area contributed by atoms with Gasteiger partial charge >= 0.3 is 0 Å². The number of nitrogens with two attached hydrogens (primary N) is 1. The fourth-order valence-corrected chi connectivity index (χ4v) is 2.86. The highest BCUT2D eigenvalue weighted by Crippen LogP contribution is 2.36. The molecule has 1 heterocycles. The number of rotatable bonds is 4. The Morgan fingerprint density at radius 3 is 2.21 bits per heavy atom. The van der Waals surface area contributed by atoms with Gasteiger partial charge in [-0.15, -0.1) is 0 Å². The minimum atomic E-state index is 0.166. The third-order valence-corrected chi connectivity index (χ3v) is 3.86. The van der Waals surface area contributed by atoms with Crippen LogP contribution >= 0.6 is 0 Å². The van der Waals surface area contributed by atoms with E-state index in [9.17, 15) is 0 Å². The molecule has 0 spiro atoms. The van der Waals surface area contributed by atoms with E-state index in [1.807, 2.05) is 6.07 Å². The lowest BCUT2D eigenvalue weighted by molar-refractivity contribution is 0.197. The number of ether oxygens (including phenoxy) is 2. The first-order chi connectivity index (χ1) is 9.06. The minimum absolute atomic E-state index is 0.166. The van der Waals surface area contributed by atoms with E-state index in [2.05, 4.69) is 30.9 Å². The second kappa shape index (κ2) is 5.80. The van der Waals surface area contributed by atoms with Gasteiger partial charge in [-0.1, -0.05) is 0 Å². The van der Waals surface area contributed by atoms with E-state index in [1.54, 1.807) is 14.2 Å². The van der Waals surface area contributed by atoms with Crippen molar-refractivity contribution in [2.75, 3.05) is 20.8 Å². The fraction of sp³-hybridized carbons (Fsp3) is 0.600. The van der Waals surface area contributed by atoms with Gasteiger partial charge < -0.3 is 15.2 Å². The van der Waals surface area contributed by atoms with Crippen molar-refractivity contribution in [3.8, 4) is 11.5 Å². The van der Waals surface area contributed by atoms with E-state index in [-0.39, 0.29) is 12.1 Å². The summed E-state index contributed by atoms with van der Waals surface area (Å²) in [5.74, 6) is 1.63. The summed E-state index contributed by atoms with van der Waals surface area (Å²) in [5.41, 5.74) is 7.47. The third kappa shape index (κ3) is 2.85. The van der Waals surface area contributed by atoms with Crippen LogP contribution in [0.5, 0.6) is 11.5 Å². The van der Waals surface area contributed by atoms with Gasteiger partial charge in [0.25, 0.3) is 0 Å². The summed E-state index contributed by atoms with van der Waals surface area (Å²) in [6.45, 7) is 5.47. The zero-order chi connectivity index (χ0) is 14.0. The maximum Gasteiger partial charge on any atom is 0.122 e. The average molecular weight is 264 g/mol. The van der Waals surface area contributed by atoms with Crippen LogP contribution < -0.4 is 15.2 Å². The molecule has 2 N–H and O–H groups in total. The molecule has 19 heavy (non-hydrogen) atoms. The lowest BCUT2D eigenvalue weighted by Gasteiger charge is -2.30. The molecule has 2 rings (SSSR count). The normalized spacial score (nSPS) is 23.9. The van der Waals surface area contributed by atoms with Gasteiger partial charge in [-0.05, 0) is 38.0 Å². The van der Waals surface area contributed by atoms with Crippen molar-refractivity contribution < 1.29 is 9.47 Å². The summed E-state index contributed by atoms with van der Waals surface area (Å²) in [6.07, 6.45) is 1.03. The summed E-state index contributed by atoms with van der Waals surface area (Å²) in [5, 5.41) is 0. The van der Waals surface area contributed by atoms with Gasteiger partial charge in [-0.2, -0.15) is 0 Å². The standard InChI is InChI=1S/C15H24N2O2/c1-10(2)17-6-5-14(16)15(17)11-7-12(18-3)9-13(8-11)19-4/h7-10,14-15H,5-6,16H2,1-4H3. The molecule has 2 atom stereocenters. The fourth-order valence-electron chi connectivity index (χ4n) is 2.86. The van der Waals surface area contributed by atoms with E-state index in [0.29, 0.717) is 6.04 Å². The summed E-state index contributed by atoms with van der Waals surface area (Å²) in [4.78, 5) is 2.44. The highest BCUT2D eigenvalue weighted by atomic mass is 16.5. The zero-order valence-corrected chi connectivity index (χ0v) is 12.2. The van der Waals surface area contributed by atoms with Gasteiger partial charge in [0.15, 0.2) is 0 Å². The van der Waals surface area contributed by atoms with Gasteiger partial charge in [-0.3, -0.25) is 4.90 Å². The second-order valence-corrected chi connectivity index (χ2v) is 5.37. The van der Waals surface area contributed by atoms with Crippen molar-refractivity contribution >= 4 is 0 Å². The van der Waals surface area contributed by atoms with Gasteiger partial charge in [0.05, 0.1) is 20.3 Å². The van der Waals surface area contributed by atoms with Crippen LogP contribution in [-0.4, -0.2) is 37.7 Å². The van der Waals surface area contributed by atoms with Crippen molar-refractivity contribution in [2.24, 2.45) is 5.73 Å². The first kappa shape index (κ1) is 14.2. The Hall–Kier alpha value is -1.26. The average Bonchev–Trinajstić information content (AvgIpc) is 2.80. The van der Waals surface area contributed by atoms with E-state index in [1.165, 1.54) is 5.56 Å². The highest BCUT2D eigenvalue weighted by molar-refractivity contribution is 5.40. The molecule has 0 saturated carbocycles. The van der Waals surface area contributed by atoms with E-state index in [0.717, 1.165) is 24.5 Å². The molecule has 1 fully saturated rings.